The Kier molecular flexibility index (Phi) is 4.37. The van der Waals surface area contributed by atoms with Crippen LogP contribution in [0.1, 0.15) is 24.8 Å². The van der Waals surface area contributed by atoms with Gasteiger partial charge in [-0.2, -0.15) is 13.2 Å². The van der Waals surface area contributed by atoms with E-state index in [1.165, 1.54) is 0 Å². The number of anilines is 1. The fraction of sp³-hybridized carbons (Fsp3) is 0.500. The Morgan fingerprint density at radius 1 is 1.30 bits per heavy atom. The van der Waals surface area contributed by atoms with Gasteiger partial charge in [-0.1, -0.05) is 11.6 Å². The van der Waals surface area contributed by atoms with Gasteiger partial charge in [0.25, 0.3) is 0 Å². The standard InChI is InChI=1S/C12H13ClF3N3O/c13-9-6-8(12(14,15)16)7-17-10(9)18-11(20)19-4-2-1-3-5-19/h6-7H,1-5H2,(H,17,18,20). The SMILES string of the molecule is O=C(Nc1ncc(C(F)(F)F)cc1Cl)N1CCCCC1. The van der Waals surface area contributed by atoms with Crippen LogP contribution in [0.5, 0.6) is 0 Å². The van der Waals surface area contributed by atoms with Gasteiger partial charge >= 0.3 is 12.2 Å². The quantitative estimate of drug-likeness (QED) is 0.858. The molecule has 0 bridgehead atoms. The van der Waals surface area contributed by atoms with Gasteiger partial charge in [0.05, 0.1) is 10.6 Å². The number of pyridine rings is 1. The zero-order chi connectivity index (χ0) is 14.8. The van der Waals surface area contributed by atoms with Crippen LogP contribution in [0.2, 0.25) is 5.02 Å². The summed E-state index contributed by atoms with van der Waals surface area (Å²) in [5.74, 6) is -0.0600. The van der Waals surface area contributed by atoms with Crippen molar-refractivity contribution in [2.24, 2.45) is 0 Å². The second kappa shape index (κ2) is 5.87. The number of amides is 2. The van der Waals surface area contributed by atoms with Crippen LogP contribution in [0.4, 0.5) is 23.8 Å². The molecule has 20 heavy (non-hydrogen) atoms. The van der Waals surface area contributed by atoms with Crippen LogP contribution >= 0.6 is 11.6 Å². The number of urea groups is 1. The number of hydrogen-bond donors (Lipinski definition) is 1. The van der Waals surface area contributed by atoms with Crippen LogP contribution < -0.4 is 5.32 Å². The fourth-order valence-corrected chi connectivity index (χ4v) is 2.18. The van der Waals surface area contributed by atoms with Gasteiger partial charge in [-0.15, -0.1) is 0 Å². The summed E-state index contributed by atoms with van der Waals surface area (Å²) in [5, 5.41) is 2.20. The van der Waals surface area contributed by atoms with Gasteiger partial charge in [0, 0.05) is 19.3 Å². The lowest BCUT2D eigenvalue weighted by molar-refractivity contribution is -0.137. The van der Waals surface area contributed by atoms with Gasteiger partial charge < -0.3 is 4.90 Å². The molecule has 0 atom stereocenters. The van der Waals surface area contributed by atoms with Crippen molar-refractivity contribution in [3.63, 3.8) is 0 Å². The average molecular weight is 308 g/mol. The number of aromatic nitrogens is 1. The molecule has 0 aromatic carbocycles. The predicted molar refractivity (Wildman–Crippen MR) is 68.7 cm³/mol. The van der Waals surface area contributed by atoms with Crippen molar-refractivity contribution in [3.8, 4) is 0 Å². The second-order valence-electron chi connectivity index (χ2n) is 4.53. The van der Waals surface area contributed by atoms with E-state index in [1.54, 1.807) is 4.90 Å². The van der Waals surface area contributed by atoms with Gasteiger partial charge in [-0.05, 0) is 25.3 Å². The number of nitrogens with zero attached hydrogens (tertiary/aromatic N) is 2. The van der Waals surface area contributed by atoms with Gasteiger partial charge in [-0.25, -0.2) is 9.78 Å². The molecule has 1 aromatic rings. The molecule has 0 spiro atoms. The average Bonchev–Trinajstić information content (AvgIpc) is 2.41. The van der Waals surface area contributed by atoms with Crippen LogP contribution in [0.3, 0.4) is 0 Å². The normalized spacial score (nSPS) is 16.1. The third kappa shape index (κ3) is 3.53. The van der Waals surface area contributed by atoms with Crippen molar-refractivity contribution in [1.29, 1.82) is 0 Å². The van der Waals surface area contributed by atoms with Gasteiger partial charge in [-0.3, -0.25) is 5.32 Å². The van der Waals surface area contributed by atoms with E-state index in [-0.39, 0.29) is 16.9 Å². The number of hydrogen-bond acceptors (Lipinski definition) is 2. The summed E-state index contributed by atoms with van der Waals surface area (Å²) in [7, 11) is 0. The van der Waals surface area contributed by atoms with Crippen molar-refractivity contribution in [2.45, 2.75) is 25.4 Å². The summed E-state index contributed by atoms with van der Waals surface area (Å²) in [5.41, 5.74) is -0.946. The number of carbonyl (C=O) groups is 1. The van der Waals surface area contributed by atoms with Crippen molar-refractivity contribution >= 4 is 23.4 Å². The molecule has 1 aliphatic heterocycles. The number of halogens is 4. The van der Waals surface area contributed by atoms with Crippen molar-refractivity contribution in [1.82, 2.24) is 9.88 Å². The van der Waals surface area contributed by atoms with E-state index in [9.17, 15) is 18.0 Å². The molecule has 8 heteroatoms. The third-order valence-electron chi connectivity index (χ3n) is 3.04. The van der Waals surface area contributed by atoms with E-state index in [2.05, 4.69) is 10.3 Å². The first-order chi connectivity index (χ1) is 9.38. The zero-order valence-corrected chi connectivity index (χ0v) is 11.3. The number of alkyl halides is 3. The Bertz CT molecular complexity index is 501. The molecule has 1 saturated heterocycles. The van der Waals surface area contributed by atoms with E-state index >= 15 is 0 Å². The highest BCUT2D eigenvalue weighted by Gasteiger charge is 2.31. The summed E-state index contributed by atoms with van der Waals surface area (Å²) >= 11 is 5.72. The van der Waals surface area contributed by atoms with E-state index < -0.39 is 11.7 Å². The number of nitrogens with one attached hydrogen (secondary N) is 1. The summed E-state index contributed by atoms with van der Waals surface area (Å²) in [6, 6.07) is 0.360. The minimum absolute atomic E-state index is 0.0600. The molecule has 1 aliphatic rings. The molecule has 2 rings (SSSR count). The predicted octanol–water partition coefficient (Wildman–Crippen LogP) is 3.77. The van der Waals surface area contributed by atoms with Crippen LogP contribution in [0, 0.1) is 0 Å². The molecule has 0 radical (unpaired) electrons. The lowest BCUT2D eigenvalue weighted by Gasteiger charge is -2.26. The first kappa shape index (κ1) is 14.9. The van der Waals surface area contributed by atoms with Crippen LogP contribution in [-0.2, 0) is 6.18 Å². The van der Waals surface area contributed by atoms with Crippen molar-refractivity contribution in [2.75, 3.05) is 18.4 Å². The molecule has 0 aliphatic carbocycles. The molecule has 1 N–H and O–H groups in total. The Morgan fingerprint density at radius 2 is 1.95 bits per heavy atom. The number of carbonyl (C=O) groups excluding carboxylic acids is 1. The maximum Gasteiger partial charge on any atom is 0.417 e. The van der Waals surface area contributed by atoms with Crippen molar-refractivity contribution < 1.29 is 18.0 Å². The molecule has 2 heterocycles. The second-order valence-corrected chi connectivity index (χ2v) is 4.94. The maximum absolute atomic E-state index is 12.5. The van der Waals surface area contributed by atoms with Gasteiger partial charge in [0.15, 0.2) is 5.82 Å². The monoisotopic (exact) mass is 307 g/mol. The fourth-order valence-electron chi connectivity index (χ4n) is 1.96. The highest BCUT2D eigenvalue weighted by Crippen LogP contribution is 2.32. The highest BCUT2D eigenvalue weighted by molar-refractivity contribution is 6.33. The van der Waals surface area contributed by atoms with Gasteiger partial charge in [0.2, 0.25) is 0 Å². The lowest BCUT2D eigenvalue weighted by atomic mass is 10.1. The van der Waals surface area contributed by atoms with E-state index in [1.807, 2.05) is 0 Å². The Balaban J connectivity index is 2.08. The molecule has 0 unspecified atom stereocenters. The number of piperidine rings is 1. The Labute approximate surface area is 118 Å². The topological polar surface area (TPSA) is 45.2 Å². The molecule has 0 saturated carbocycles. The highest BCUT2D eigenvalue weighted by atomic mass is 35.5. The first-order valence-corrected chi connectivity index (χ1v) is 6.54. The van der Waals surface area contributed by atoms with E-state index in [0.717, 1.165) is 25.3 Å². The van der Waals surface area contributed by atoms with Gasteiger partial charge in [0.1, 0.15) is 0 Å². The summed E-state index contributed by atoms with van der Waals surface area (Å²) in [6.45, 7) is 1.26. The van der Waals surface area contributed by atoms with Crippen LogP contribution in [-0.4, -0.2) is 29.0 Å². The molecule has 4 nitrogen and oxygen atoms in total. The number of rotatable bonds is 1. The summed E-state index contributed by atoms with van der Waals surface area (Å²) in [4.78, 5) is 17.1. The summed E-state index contributed by atoms with van der Waals surface area (Å²) in [6.07, 6.45) is -0.948. The summed E-state index contributed by atoms with van der Waals surface area (Å²) < 4.78 is 37.4. The van der Waals surface area contributed by atoms with Crippen LogP contribution in [0.15, 0.2) is 12.3 Å². The van der Waals surface area contributed by atoms with E-state index in [4.69, 9.17) is 11.6 Å². The van der Waals surface area contributed by atoms with Crippen molar-refractivity contribution in [3.05, 3.63) is 22.8 Å². The Hall–Kier alpha value is -1.50. The number of likely N-dealkylation sites (tertiary alicyclic amines) is 1. The molecule has 2 amide bonds. The molecule has 1 aromatic heterocycles. The molecular formula is C12H13ClF3N3O. The molecule has 110 valence electrons. The third-order valence-corrected chi connectivity index (χ3v) is 3.33. The minimum atomic E-state index is -4.51. The molecular weight excluding hydrogens is 295 g/mol. The maximum atomic E-state index is 12.5. The van der Waals surface area contributed by atoms with Crippen LogP contribution in [0.25, 0.3) is 0 Å². The largest absolute Gasteiger partial charge is 0.417 e. The zero-order valence-electron chi connectivity index (χ0n) is 10.5. The first-order valence-electron chi connectivity index (χ1n) is 6.16. The minimum Gasteiger partial charge on any atom is -0.325 e. The lowest BCUT2D eigenvalue weighted by Crippen LogP contribution is -2.38. The van der Waals surface area contributed by atoms with E-state index in [0.29, 0.717) is 19.3 Å². The molecule has 1 fully saturated rings. The Morgan fingerprint density at radius 3 is 2.50 bits per heavy atom. The smallest absolute Gasteiger partial charge is 0.325 e.